The average molecular weight is 276 g/mol. The Bertz CT molecular complexity index is 446. The number of benzene rings is 1. The summed E-state index contributed by atoms with van der Waals surface area (Å²) >= 11 is 0. The van der Waals surface area contributed by atoms with Gasteiger partial charge in [-0.05, 0) is 31.6 Å². The van der Waals surface area contributed by atoms with Gasteiger partial charge >= 0.3 is 0 Å². The number of hydrogen-bond acceptors (Lipinski definition) is 2. The lowest BCUT2D eigenvalue weighted by Gasteiger charge is -2.21. The summed E-state index contributed by atoms with van der Waals surface area (Å²) < 4.78 is 12.1. The number of hydrogen-bond donors (Lipinski definition) is 0. The maximum Gasteiger partial charge on any atom is 0.265 e. The second kappa shape index (κ2) is 5.82. The lowest BCUT2D eigenvalue weighted by atomic mass is 10.0. The summed E-state index contributed by atoms with van der Waals surface area (Å²) in [4.78, 5) is 0. The Hall–Kier alpha value is -1.22. The molecule has 104 valence electrons. The monoisotopic (exact) mass is 276 g/mol. The third-order valence-electron chi connectivity index (χ3n) is 3.15. The largest absolute Gasteiger partial charge is 0.520 e. The fourth-order valence-electron chi connectivity index (χ4n) is 2.22. The molecule has 1 heterocycles. The molecule has 0 radical (unpaired) electrons. The zero-order valence-electron chi connectivity index (χ0n) is 12.4. The molecule has 1 atom stereocenters. The van der Waals surface area contributed by atoms with Gasteiger partial charge in [-0.3, -0.25) is 0 Å². The Morgan fingerprint density at radius 3 is 2.47 bits per heavy atom. The van der Waals surface area contributed by atoms with E-state index < -0.39 is 8.32 Å². The second-order valence-corrected chi connectivity index (χ2v) is 10.5. The van der Waals surface area contributed by atoms with Gasteiger partial charge in [0.2, 0.25) is 8.32 Å². The molecule has 1 aromatic rings. The van der Waals surface area contributed by atoms with Crippen molar-refractivity contribution in [1.82, 2.24) is 0 Å². The zero-order chi connectivity index (χ0) is 13.9. The van der Waals surface area contributed by atoms with Crippen LogP contribution in [-0.4, -0.2) is 14.4 Å². The van der Waals surface area contributed by atoms with Gasteiger partial charge in [-0.25, -0.2) is 0 Å². The van der Waals surface area contributed by atoms with Crippen molar-refractivity contribution in [2.45, 2.75) is 51.9 Å². The van der Waals surface area contributed by atoms with Gasteiger partial charge in [-0.1, -0.05) is 37.3 Å². The summed E-state index contributed by atoms with van der Waals surface area (Å²) in [6, 6.07) is 10.6. The third kappa shape index (κ3) is 4.13. The van der Waals surface area contributed by atoms with Gasteiger partial charge in [0.05, 0.1) is 0 Å². The van der Waals surface area contributed by atoms with Crippen LogP contribution in [-0.2, 0) is 15.6 Å². The van der Waals surface area contributed by atoms with Crippen LogP contribution in [0, 0.1) is 0 Å². The van der Waals surface area contributed by atoms with E-state index >= 15 is 0 Å². The fraction of sp³-hybridized carbons (Fsp3) is 0.500. The lowest BCUT2D eigenvalue weighted by molar-refractivity contribution is 0.0633. The molecule has 1 aliphatic heterocycles. The van der Waals surface area contributed by atoms with E-state index in [4.69, 9.17) is 9.16 Å². The highest BCUT2D eigenvalue weighted by Gasteiger charge is 2.29. The highest BCUT2D eigenvalue weighted by molar-refractivity contribution is 6.70. The topological polar surface area (TPSA) is 18.5 Å². The van der Waals surface area contributed by atoms with Gasteiger partial charge in [-0.15, -0.1) is 0 Å². The molecule has 0 aromatic heterocycles. The summed E-state index contributed by atoms with van der Waals surface area (Å²) in [6.07, 6.45) is 3.28. The van der Waals surface area contributed by atoms with E-state index in [1.165, 1.54) is 11.1 Å². The van der Waals surface area contributed by atoms with Crippen LogP contribution in [0.3, 0.4) is 0 Å². The summed E-state index contributed by atoms with van der Waals surface area (Å²) in [5.41, 5.74) is 2.65. The molecule has 0 saturated heterocycles. The van der Waals surface area contributed by atoms with Crippen molar-refractivity contribution in [2.24, 2.45) is 0 Å². The molecule has 0 aliphatic carbocycles. The van der Waals surface area contributed by atoms with Crippen LogP contribution in [0.25, 0.3) is 0 Å². The van der Waals surface area contributed by atoms with Crippen LogP contribution in [0.2, 0.25) is 19.6 Å². The van der Waals surface area contributed by atoms with Crippen molar-refractivity contribution in [2.75, 3.05) is 0 Å². The molecule has 1 unspecified atom stereocenters. The molecule has 0 bridgehead atoms. The molecule has 1 aliphatic rings. The molecule has 1 aromatic carbocycles. The SMILES string of the molecule is CCC1CC(Cc2ccccc2)=C(O[Si](C)(C)C)O1. The number of rotatable bonds is 5. The summed E-state index contributed by atoms with van der Waals surface area (Å²) in [5, 5.41) is 0. The van der Waals surface area contributed by atoms with Crippen molar-refractivity contribution >= 4 is 8.32 Å². The first-order valence-electron chi connectivity index (χ1n) is 7.09. The van der Waals surface area contributed by atoms with E-state index in [9.17, 15) is 0 Å². The first-order valence-corrected chi connectivity index (χ1v) is 10.5. The van der Waals surface area contributed by atoms with Gasteiger partial charge in [-0.2, -0.15) is 0 Å². The quantitative estimate of drug-likeness (QED) is 0.738. The van der Waals surface area contributed by atoms with Crippen LogP contribution < -0.4 is 0 Å². The van der Waals surface area contributed by atoms with Crippen LogP contribution in [0.1, 0.15) is 25.3 Å². The molecule has 2 rings (SSSR count). The molecule has 0 amide bonds. The van der Waals surface area contributed by atoms with Crippen LogP contribution in [0.5, 0.6) is 0 Å². The van der Waals surface area contributed by atoms with E-state index in [1.807, 2.05) is 0 Å². The number of ether oxygens (including phenoxy) is 1. The van der Waals surface area contributed by atoms with Crippen LogP contribution in [0.4, 0.5) is 0 Å². The van der Waals surface area contributed by atoms with E-state index in [-0.39, 0.29) is 0 Å². The Morgan fingerprint density at radius 2 is 1.89 bits per heavy atom. The van der Waals surface area contributed by atoms with Gasteiger partial charge in [0, 0.05) is 18.4 Å². The van der Waals surface area contributed by atoms with Crippen molar-refractivity contribution in [3.05, 3.63) is 47.4 Å². The average Bonchev–Trinajstić information content (AvgIpc) is 2.71. The zero-order valence-corrected chi connectivity index (χ0v) is 13.4. The lowest BCUT2D eigenvalue weighted by Crippen LogP contribution is -2.25. The Kier molecular flexibility index (Phi) is 4.35. The summed E-state index contributed by atoms with van der Waals surface area (Å²) in [6.45, 7) is 8.76. The summed E-state index contributed by atoms with van der Waals surface area (Å²) in [7, 11) is -1.61. The predicted molar refractivity (Wildman–Crippen MR) is 81.4 cm³/mol. The molecule has 19 heavy (non-hydrogen) atoms. The van der Waals surface area contributed by atoms with Gasteiger partial charge in [0.1, 0.15) is 6.10 Å². The van der Waals surface area contributed by atoms with Crippen molar-refractivity contribution in [3.63, 3.8) is 0 Å². The smallest absolute Gasteiger partial charge is 0.265 e. The third-order valence-corrected chi connectivity index (χ3v) is 3.95. The fourth-order valence-corrected chi connectivity index (χ4v) is 2.97. The maximum atomic E-state index is 6.11. The molecular weight excluding hydrogens is 252 g/mol. The highest BCUT2D eigenvalue weighted by atomic mass is 28.4. The first kappa shape index (κ1) is 14.2. The molecule has 2 nitrogen and oxygen atoms in total. The molecular formula is C16H24O2Si. The Labute approximate surface area is 117 Å². The minimum absolute atomic E-state index is 0.296. The van der Waals surface area contributed by atoms with Crippen molar-refractivity contribution < 1.29 is 9.16 Å². The van der Waals surface area contributed by atoms with Crippen molar-refractivity contribution in [3.8, 4) is 0 Å². The predicted octanol–water partition coefficient (Wildman–Crippen LogP) is 4.49. The minimum Gasteiger partial charge on any atom is -0.520 e. The maximum absolute atomic E-state index is 6.11. The Balaban J connectivity index is 2.15. The normalized spacial score (nSPS) is 19.5. The van der Waals surface area contributed by atoms with Gasteiger partial charge in [0.15, 0.2) is 0 Å². The van der Waals surface area contributed by atoms with E-state index in [2.05, 4.69) is 56.9 Å². The van der Waals surface area contributed by atoms with E-state index in [1.54, 1.807) is 0 Å². The molecule has 0 spiro atoms. The van der Waals surface area contributed by atoms with Crippen LogP contribution in [0.15, 0.2) is 41.9 Å². The van der Waals surface area contributed by atoms with Crippen molar-refractivity contribution in [1.29, 1.82) is 0 Å². The molecule has 0 N–H and O–H groups in total. The van der Waals surface area contributed by atoms with E-state index in [0.717, 1.165) is 25.2 Å². The first-order chi connectivity index (χ1) is 8.98. The standard InChI is InChI=1S/C16H24O2Si/c1-5-15-12-14(11-13-9-7-6-8-10-13)16(17-15)18-19(2,3)4/h6-10,15H,5,11-12H2,1-4H3. The Morgan fingerprint density at radius 1 is 1.21 bits per heavy atom. The molecule has 3 heteroatoms. The molecule has 0 fully saturated rings. The van der Waals surface area contributed by atoms with E-state index in [0.29, 0.717) is 6.10 Å². The second-order valence-electron chi connectivity index (χ2n) is 6.12. The van der Waals surface area contributed by atoms with Gasteiger partial charge < -0.3 is 9.16 Å². The van der Waals surface area contributed by atoms with Gasteiger partial charge in [0.25, 0.3) is 5.95 Å². The minimum atomic E-state index is -1.61. The summed E-state index contributed by atoms with van der Waals surface area (Å²) in [5.74, 6) is 0.815. The highest BCUT2D eigenvalue weighted by Crippen LogP contribution is 2.31. The molecule has 0 saturated carbocycles. The van der Waals surface area contributed by atoms with Crippen LogP contribution >= 0.6 is 0 Å².